The minimum Gasteiger partial charge on any atom is -0.748 e. The van der Waals surface area contributed by atoms with Crippen LogP contribution in [-0.4, -0.2) is 55.7 Å². The zero-order valence-corrected chi connectivity index (χ0v) is 9.59. The van der Waals surface area contributed by atoms with Crippen LogP contribution in [0, 0.1) is 5.92 Å². The molecule has 7 nitrogen and oxygen atoms in total. The summed E-state index contributed by atoms with van der Waals surface area (Å²) >= 11 is 0. The summed E-state index contributed by atoms with van der Waals surface area (Å²) in [5, 5.41) is 0. The van der Waals surface area contributed by atoms with E-state index in [1.165, 1.54) is 0 Å². The van der Waals surface area contributed by atoms with Crippen molar-refractivity contribution >= 4 is 16.1 Å². The van der Waals surface area contributed by atoms with Gasteiger partial charge in [-0.1, -0.05) is 0 Å². The normalized spacial score (nSPS) is 43.0. The first-order chi connectivity index (χ1) is 7.94. The fraction of sp³-hybridized carbons (Fsp3) is 0.889. The summed E-state index contributed by atoms with van der Waals surface area (Å²) in [7, 11) is -4.60. The summed E-state index contributed by atoms with van der Waals surface area (Å²) < 4.78 is 47.2. The number of rotatable bonds is 3. The van der Waals surface area contributed by atoms with Crippen molar-refractivity contribution in [3.05, 3.63) is 0 Å². The largest absolute Gasteiger partial charge is 0.748 e. The lowest BCUT2D eigenvalue weighted by molar-refractivity contribution is -0.152. The summed E-state index contributed by atoms with van der Waals surface area (Å²) in [6, 6.07) is 0. The molecule has 0 aliphatic carbocycles. The van der Waals surface area contributed by atoms with Crippen LogP contribution in [0.1, 0.15) is 6.42 Å². The molecule has 0 spiro atoms. The molecule has 5 unspecified atom stereocenters. The van der Waals surface area contributed by atoms with Crippen LogP contribution < -0.4 is 0 Å². The highest BCUT2D eigenvalue weighted by Gasteiger charge is 2.60. The maximum Gasteiger partial charge on any atom is 0.320 e. The van der Waals surface area contributed by atoms with E-state index in [9.17, 15) is 17.8 Å². The van der Waals surface area contributed by atoms with Gasteiger partial charge in [0.1, 0.15) is 22.0 Å². The standard InChI is InChI=1S/C9H12O7S/c10-6(3-17(11,12)13)16-8-5-1-4-2-14-9(8)7(4)15-5/h4-5,7-9H,1-3H2,(H,11,12,13)/p-1. The van der Waals surface area contributed by atoms with Crippen LogP contribution in [0.5, 0.6) is 0 Å². The number of ether oxygens (including phenoxy) is 3. The first kappa shape index (κ1) is 11.4. The number of carbonyl (C=O) groups is 1. The predicted octanol–water partition coefficient (Wildman–Crippen LogP) is -1.37. The molecule has 3 heterocycles. The maximum absolute atomic E-state index is 11.3. The van der Waals surface area contributed by atoms with E-state index in [1.54, 1.807) is 0 Å². The van der Waals surface area contributed by atoms with Crippen molar-refractivity contribution < 1.29 is 32.0 Å². The molecule has 0 radical (unpaired) electrons. The van der Waals surface area contributed by atoms with Crippen molar-refractivity contribution in [3.63, 3.8) is 0 Å². The molecule has 3 saturated heterocycles. The van der Waals surface area contributed by atoms with Gasteiger partial charge in [0, 0.05) is 5.92 Å². The fourth-order valence-corrected chi connectivity index (χ4v) is 3.17. The lowest BCUT2D eigenvalue weighted by atomic mass is 9.88. The Morgan fingerprint density at radius 3 is 2.88 bits per heavy atom. The summed E-state index contributed by atoms with van der Waals surface area (Å²) in [4.78, 5) is 11.3. The van der Waals surface area contributed by atoms with E-state index in [0.29, 0.717) is 12.5 Å². The lowest BCUT2D eigenvalue weighted by Gasteiger charge is -2.23. The summed E-state index contributed by atoms with van der Waals surface area (Å²) in [5.74, 6) is -1.83. The average molecular weight is 263 g/mol. The van der Waals surface area contributed by atoms with Gasteiger partial charge in [0.15, 0.2) is 6.10 Å². The minimum absolute atomic E-state index is 0.0540. The highest BCUT2D eigenvalue weighted by molar-refractivity contribution is 7.86. The van der Waals surface area contributed by atoms with Crippen LogP contribution in [0.25, 0.3) is 0 Å². The third-order valence-electron chi connectivity index (χ3n) is 3.41. The SMILES string of the molecule is O=C(CS(=O)(=O)[O-])OC1C2CC3COC1C3O2. The van der Waals surface area contributed by atoms with E-state index in [4.69, 9.17) is 14.2 Å². The molecule has 0 aromatic rings. The van der Waals surface area contributed by atoms with E-state index in [0.717, 1.165) is 6.42 Å². The third kappa shape index (κ3) is 1.95. The molecule has 0 aromatic carbocycles. The maximum atomic E-state index is 11.3. The van der Waals surface area contributed by atoms with Crippen molar-refractivity contribution in [2.45, 2.75) is 30.8 Å². The molecular weight excluding hydrogens is 252 g/mol. The molecule has 2 bridgehead atoms. The van der Waals surface area contributed by atoms with Crippen molar-refractivity contribution in [1.82, 2.24) is 0 Å². The first-order valence-corrected chi connectivity index (χ1v) is 6.92. The van der Waals surface area contributed by atoms with E-state index in [1.807, 2.05) is 0 Å². The number of hydrogen-bond acceptors (Lipinski definition) is 7. The number of fused-ring (bicyclic) bond motifs is 1. The van der Waals surface area contributed by atoms with Crippen LogP contribution >= 0.6 is 0 Å². The van der Waals surface area contributed by atoms with Crippen LogP contribution in [0.3, 0.4) is 0 Å². The third-order valence-corrected chi connectivity index (χ3v) is 4.00. The van der Waals surface area contributed by atoms with Crippen molar-refractivity contribution in [2.75, 3.05) is 12.4 Å². The quantitative estimate of drug-likeness (QED) is 0.457. The van der Waals surface area contributed by atoms with Crippen LogP contribution in [0.4, 0.5) is 0 Å². The van der Waals surface area contributed by atoms with Crippen LogP contribution in [0.15, 0.2) is 0 Å². The molecule has 3 rings (SSSR count). The van der Waals surface area contributed by atoms with E-state index in [-0.39, 0.29) is 18.3 Å². The van der Waals surface area contributed by atoms with Crippen molar-refractivity contribution in [1.29, 1.82) is 0 Å². The predicted molar refractivity (Wildman–Crippen MR) is 51.0 cm³/mol. The molecule has 3 aliphatic rings. The van der Waals surface area contributed by atoms with Gasteiger partial charge < -0.3 is 18.8 Å². The molecule has 0 aromatic heterocycles. The van der Waals surface area contributed by atoms with E-state index in [2.05, 4.69) is 0 Å². The number of esters is 1. The Bertz CT molecular complexity index is 442. The molecule has 17 heavy (non-hydrogen) atoms. The Balaban J connectivity index is 1.65. The lowest BCUT2D eigenvalue weighted by Crippen LogP contribution is -2.41. The molecule has 8 heteroatoms. The molecular formula is C9H11O7S-. The van der Waals surface area contributed by atoms with E-state index >= 15 is 0 Å². The molecule has 0 N–H and O–H groups in total. The fourth-order valence-electron chi connectivity index (χ4n) is 2.82. The smallest absolute Gasteiger partial charge is 0.320 e. The van der Waals surface area contributed by atoms with Gasteiger partial charge in [0.25, 0.3) is 0 Å². The zero-order chi connectivity index (χ0) is 12.2. The van der Waals surface area contributed by atoms with Crippen molar-refractivity contribution in [2.24, 2.45) is 5.92 Å². The number of carbonyl (C=O) groups excluding carboxylic acids is 1. The van der Waals surface area contributed by atoms with Crippen LogP contribution in [0.2, 0.25) is 0 Å². The van der Waals surface area contributed by atoms with E-state index < -0.39 is 27.9 Å². The highest BCUT2D eigenvalue weighted by Crippen LogP contribution is 2.46. The van der Waals surface area contributed by atoms with Crippen LogP contribution in [-0.2, 0) is 29.1 Å². The Morgan fingerprint density at radius 2 is 2.18 bits per heavy atom. The Kier molecular flexibility index (Phi) is 2.44. The van der Waals surface area contributed by atoms with Crippen molar-refractivity contribution in [3.8, 4) is 0 Å². The summed E-state index contributed by atoms with van der Waals surface area (Å²) in [6.07, 6.45) is -0.411. The Morgan fingerprint density at radius 1 is 1.41 bits per heavy atom. The summed E-state index contributed by atoms with van der Waals surface area (Å²) in [6.45, 7) is 0.583. The van der Waals surface area contributed by atoms with Gasteiger partial charge in [-0.3, -0.25) is 4.79 Å². The monoisotopic (exact) mass is 263 g/mol. The second-order valence-electron chi connectivity index (χ2n) is 4.59. The molecule has 0 amide bonds. The van der Waals surface area contributed by atoms with Gasteiger partial charge in [0.05, 0.1) is 18.8 Å². The van der Waals surface area contributed by atoms with Gasteiger partial charge in [-0.15, -0.1) is 0 Å². The number of hydrogen-bond donors (Lipinski definition) is 0. The molecule has 5 atom stereocenters. The Hall–Kier alpha value is -0.700. The topological polar surface area (TPSA) is 102 Å². The molecule has 96 valence electrons. The molecule has 0 saturated carbocycles. The minimum atomic E-state index is -4.60. The van der Waals surface area contributed by atoms with Gasteiger partial charge >= 0.3 is 5.97 Å². The first-order valence-electron chi connectivity index (χ1n) is 5.34. The average Bonchev–Trinajstić information content (AvgIpc) is 2.73. The van der Waals surface area contributed by atoms with Gasteiger partial charge in [-0.25, -0.2) is 8.42 Å². The van der Waals surface area contributed by atoms with Gasteiger partial charge in [-0.2, -0.15) is 0 Å². The zero-order valence-electron chi connectivity index (χ0n) is 8.77. The molecule has 3 aliphatic heterocycles. The highest BCUT2D eigenvalue weighted by atomic mass is 32.2. The summed E-state index contributed by atoms with van der Waals surface area (Å²) in [5.41, 5.74) is 0. The second kappa shape index (κ2) is 3.64. The Labute approximate surface area is 97.8 Å². The van der Waals surface area contributed by atoms with Gasteiger partial charge in [-0.05, 0) is 6.42 Å². The molecule has 3 fully saturated rings. The van der Waals surface area contributed by atoms with Gasteiger partial charge in [0.2, 0.25) is 0 Å². The second-order valence-corrected chi connectivity index (χ2v) is 5.99.